The summed E-state index contributed by atoms with van der Waals surface area (Å²) in [6.07, 6.45) is -4.89. The molecule has 0 bridgehead atoms. The van der Waals surface area contributed by atoms with Gasteiger partial charge in [-0.15, -0.1) is 0 Å². The molecule has 0 fully saturated rings. The maximum Gasteiger partial charge on any atom is 0.441 e. The second-order valence-electron chi connectivity index (χ2n) is 3.63. The van der Waals surface area contributed by atoms with Crippen LogP contribution >= 0.6 is 11.6 Å². The number of hydrogen-bond acceptors (Lipinski definition) is 3. The predicted octanol–water partition coefficient (Wildman–Crippen LogP) is 2.53. The van der Waals surface area contributed by atoms with Gasteiger partial charge in [0.15, 0.2) is 0 Å². The Morgan fingerprint density at radius 1 is 1.35 bits per heavy atom. The Bertz CT molecular complexity index is 489. The third-order valence-corrected chi connectivity index (χ3v) is 2.63. The Morgan fingerprint density at radius 2 is 2.00 bits per heavy atom. The van der Waals surface area contributed by atoms with Crippen LogP contribution in [0.15, 0.2) is 30.6 Å². The molecule has 1 heterocycles. The lowest BCUT2D eigenvalue weighted by Gasteiger charge is -2.38. The minimum atomic E-state index is -4.89. The minimum absolute atomic E-state index is 0.0996. The Kier molecular flexibility index (Phi) is 2.52. The molecule has 2 rings (SSSR count). The summed E-state index contributed by atoms with van der Waals surface area (Å²) in [5.74, 6) is -0.139. The molecule has 7 heteroatoms. The van der Waals surface area contributed by atoms with Crippen LogP contribution in [0.5, 0.6) is 0 Å². The molecule has 17 heavy (non-hydrogen) atoms. The van der Waals surface area contributed by atoms with Gasteiger partial charge in [-0.05, 0) is 18.2 Å². The Labute approximate surface area is 99.9 Å². The summed E-state index contributed by atoms with van der Waals surface area (Å²) in [4.78, 5) is 0. The summed E-state index contributed by atoms with van der Waals surface area (Å²) < 4.78 is 38.7. The average Bonchev–Trinajstić information content (AvgIpc) is 2.17. The maximum absolute atomic E-state index is 12.9. The summed E-state index contributed by atoms with van der Waals surface area (Å²) in [5.41, 5.74) is -3.46. The van der Waals surface area contributed by atoms with Crippen molar-refractivity contribution in [3.63, 3.8) is 0 Å². The van der Waals surface area contributed by atoms with Crippen molar-refractivity contribution in [2.45, 2.75) is 11.9 Å². The number of nitrogens with one attached hydrogen (secondary N) is 2. The van der Waals surface area contributed by atoms with Crippen molar-refractivity contribution in [3.8, 4) is 0 Å². The largest absolute Gasteiger partial charge is 0.441 e. The SMILES string of the molecule is C=C1Nc2ccc(Cl)cc2C(O)(C(F)(F)F)N1. The van der Waals surface area contributed by atoms with Crippen LogP contribution in [0.3, 0.4) is 0 Å². The number of anilines is 1. The molecule has 1 aliphatic rings. The van der Waals surface area contributed by atoms with E-state index in [2.05, 4.69) is 11.9 Å². The van der Waals surface area contributed by atoms with Crippen LogP contribution in [-0.2, 0) is 5.72 Å². The van der Waals surface area contributed by atoms with Gasteiger partial charge < -0.3 is 15.7 Å². The lowest BCUT2D eigenvalue weighted by molar-refractivity contribution is -0.277. The average molecular weight is 265 g/mol. The van der Waals surface area contributed by atoms with Crippen molar-refractivity contribution in [1.29, 1.82) is 0 Å². The van der Waals surface area contributed by atoms with Crippen molar-refractivity contribution in [3.05, 3.63) is 41.2 Å². The molecule has 1 unspecified atom stereocenters. The van der Waals surface area contributed by atoms with Gasteiger partial charge in [-0.1, -0.05) is 18.2 Å². The van der Waals surface area contributed by atoms with Gasteiger partial charge >= 0.3 is 6.18 Å². The van der Waals surface area contributed by atoms with E-state index < -0.39 is 11.9 Å². The molecule has 92 valence electrons. The zero-order valence-electron chi connectivity index (χ0n) is 8.40. The van der Waals surface area contributed by atoms with E-state index in [9.17, 15) is 18.3 Å². The molecule has 1 aliphatic heterocycles. The van der Waals surface area contributed by atoms with Gasteiger partial charge in [0.05, 0.1) is 5.82 Å². The highest BCUT2D eigenvalue weighted by Gasteiger charge is 2.58. The van der Waals surface area contributed by atoms with Gasteiger partial charge in [-0.25, -0.2) is 0 Å². The standard InChI is InChI=1S/C10H8ClF3N2O/c1-5-15-8-3-2-6(11)4-7(8)9(17,16-5)10(12,13)14/h2-4,15-17H,1H2. The molecule has 0 amide bonds. The highest BCUT2D eigenvalue weighted by Crippen LogP contribution is 2.43. The third-order valence-electron chi connectivity index (χ3n) is 2.40. The first kappa shape index (κ1) is 12.1. The number of fused-ring (bicyclic) bond motifs is 1. The van der Waals surface area contributed by atoms with Crippen LogP contribution in [-0.4, -0.2) is 11.3 Å². The van der Waals surface area contributed by atoms with Crippen molar-refractivity contribution < 1.29 is 18.3 Å². The molecule has 0 spiro atoms. The zero-order chi connectivity index (χ0) is 12.8. The summed E-state index contributed by atoms with van der Waals surface area (Å²) in [5, 5.41) is 14.3. The topological polar surface area (TPSA) is 44.3 Å². The second-order valence-corrected chi connectivity index (χ2v) is 4.06. The maximum atomic E-state index is 12.9. The molecule has 0 aliphatic carbocycles. The molecule has 1 aromatic rings. The molecule has 0 radical (unpaired) electrons. The molecule has 3 nitrogen and oxygen atoms in total. The minimum Gasteiger partial charge on any atom is -0.360 e. The van der Waals surface area contributed by atoms with Gasteiger partial charge in [0, 0.05) is 16.3 Å². The second kappa shape index (κ2) is 3.54. The molecular formula is C10H8ClF3N2O. The fourth-order valence-corrected chi connectivity index (χ4v) is 1.80. The summed E-state index contributed by atoms with van der Waals surface area (Å²) in [6, 6.07) is 3.82. The van der Waals surface area contributed by atoms with Crippen LogP contribution in [0, 0.1) is 0 Å². The lowest BCUT2D eigenvalue weighted by Crippen LogP contribution is -2.56. The molecule has 3 N–H and O–H groups in total. The van der Waals surface area contributed by atoms with E-state index in [1.807, 2.05) is 5.32 Å². The van der Waals surface area contributed by atoms with E-state index >= 15 is 0 Å². The van der Waals surface area contributed by atoms with Crippen molar-refractivity contribution in [2.24, 2.45) is 0 Å². The Hall–Kier alpha value is -1.40. The highest BCUT2D eigenvalue weighted by molar-refractivity contribution is 6.30. The fraction of sp³-hybridized carbons (Fsp3) is 0.200. The van der Waals surface area contributed by atoms with E-state index in [1.165, 1.54) is 12.1 Å². The first-order valence-corrected chi connectivity index (χ1v) is 4.95. The number of halogens is 4. The zero-order valence-corrected chi connectivity index (χ0v) is 9.15. The molecule has 0 aromatic heterocycles. The normalized spacial score (nSPS) is 23.7. The van der Waals surface area contributed by atoms with Crippen molar-refractivity contribution in [2.75, 3.05) is 5.32 Å². The van der Waals surface area contributed by atoms with Gasteiger partial charge in [-0.3, -0.25) is 0 Å². The smallest absolute Gasteiger partial charge is 0.360 e. The van der Waals surface area contributed by atoms with Crippen LogP contribution in [0.1, 0.15) is 5.56 Å². The molecule has 0 saturated carbocycles. The molecule has 1 aromatic carbocycles. The highest BCUT2D eigenvalue weighted by atomic mass is 35.5. The van der Waals surface area contributed by atoms with E-state index in [0.717, 1.165) is 6.07 Å². The van der Waals surface area contributed by atoms with Crippen LogP contribution in [0.25, 0.3) is 0 Å². The van der Waals surface area contributed by atoms with E-state index in [4.69, 9.17) is 11.6 Å². The van der Waals surface area contributed by atoms with E-state index in [0.29, 0.717) is 0 Å². The van der Waals surface area contributed by atoms with Crippen molar-refractivity contribution in [1.82, 2.24) is 5.32 Å². The molecule has 1 atom stereocenters. The van der Waals surface area contributed by atoms with Crippen LogP contribution < -0.4 is 10.6 Å². The number of aliphatic hydroxyl groups is 1. The predicted molar refractivity (Wildman–Crippen MR) is 57.3 cm³/mol. The van der Waals surface area contributed by atoms with Gasteiger partial charge in [0.2, 0.25) is 0 Å². The summed E-state index contributed by atoms with van der Waals surface area (Å²) in [6.45, 7) is 3.33. The number of benzene rings is 1. The van der Waals surface area contributed by atoms with Crippen LogP contribution in [0.4, 0.5) is 18.9 Å². The first-order valence-electron chi connectivity index (χ1n) is 4.57. The third kappa shape index (κ3) is 1.83. The number of rotatable bonds is 0. The van der Waals surface area contributed by atoms with E-state index in [1.54, 1.807) is 0 Å². The Morgan fingerprint density at radius 3 is 2.59 bits per heavy atom. The quantitative estimate of drug-likeness (QED) is 0.675. The van der Waals surface area contributed by atoms with Gasteiger partial charge in [0.25, 0.3) is 5.72 Å². The first-order chi connectivity index (χ1) is 7.74. The monoisotopic (exact) mass is 264 g/mol. The van der Waals surface area contributed by atoms with Gasteiger partial charge in [-0.2, -0.15) is 13.2 Å². The van der Waals surface area contributed by atoms with E-state index in [-0.39, 0.29) is 22.1 Å². The summed E-state index contributed by atoms with van der Waals surface area (Å²) >= 11 is 5.63. The molecule has 0 saturated heterocycles. The number of hydrogen-bond donors (Lipinski definition) is 3. The summed E-state index contributed by atoms with van der Waals surface area (Å²) in [7, 11) is 0. The number of alkyl halides is 3. The van der Waals surface area contributed by atoms with Crippen molar-refractivity contribution >= 4 is 17.3 Å². The lowest BCUT2D eigenvalue weighted by atomic mass is 9.98. The van der Waals surface area contributed by atoms with Gasteiger partial charge in [0.1, 0.15) is 0 Å². The molecular weight excluding hydrogens is 257 g/mol. The fourth-order valence-electron chi connectivity index (χ4n) is 1.63. The van der Waals surface area contributed by atoms with Crippen LogP contribution in [0.2, 0.25) is 5.02 Å². The Balaban J connectivity index is 2.65.